The molecule has 3 atom stereocenters. The van der Waals surface area contributed by atoms with Gasteiger partial charge >= 0.3 is 7.60 Å². The second-order valence-corrected chi connectivity index (χ2v) is 8.78. The quantitative estimate of drug-likeness (QED) is 0.414. The second-order valence-electron chi connectivity index (χ2n) is 6.70. The second kappa shape index (κ2) is 9.35. The number of carbonyl (C=O) groups is 1. The largest absolute Gasteiger partial charge is 0.369 e. The fourth-order valence-corrected chi connectivity index (χ4v) is 5.83. The number of amides is 1. The average molecular weight is 439 g/mol. The summed E-state index contributed by atoms with van der Waals surface area (Å²) in [5.74, 6) is -2.43. The zero-order valence-corrected chi connectivity index (χ0v) is 17.9. The molecule has 0 bridgehead atoms. The lowest BCUT2D eigenvalue weighted by molar-refractivity contribution is -0.174. The molecule has 1 heterocycles. The number of β-lactam (4-membered cyclic amide) rings is 1. The van der Waals surface area contributed by atoms with E-state index in [0.29, 0.717) is 11.1 Å². The van der Waals surface area contributed by atoms with Crippen molar-refractivity contribution in [3.8, 4) is 0 Å². The summed E-state index contributed by atoms with van der Waals surface area (Å²) >= 11 is 0. The van der Waals surface area contributed by atoms with Crippen LogP contribution in [-0.4, -0.2) is 37.2 Å². The fraction of sp³-hybridized carbons (Fsp3) is 0.381. The predicted octanol–water partition coefficient (Wildman–Crippen LogP) is 4.83. The number of carbonyl (C=O) groups excluding carboxylic acids is 1. The van der Waals surface area contributed by atoms with Gasteiger partial charge in [-0.05, 0) is 49.2 Å². The Labute approximate surface area is 174 Å². The molecule has 30 heavy (non-hydrogen) atoms. The molecule has 0 saturated carbocycles. The Morgan fingerprint density at radius 3 is 1.93 bits per heavy atom. The van der Waals surface area contributed by atoms with E-state index in [1.165, 1.54) is 48.4 Å². The molecule has 0 aliphatic carbocycles. The highest BCUT2D eigenvalue weighted by atomic mass is 31.2. The monoisotopic (exact) mass is 439 g/mol. The normalized spacial score (nSPS) is 20.2. The topological polar surface area (TPSA) is 65.1 Å². The summed E-state index contributed by atoms with van der Waals surface area (Å²) < 4.78 is 57.2. The van der Waals surface area contributed by atoms with Crippen LogP contribution in [0.1, 0.15) is 36.8 Å². The molecule has 162 valence electrons. The van der Waals surface area contributed by atoms with Crippen LogP contribution in [0, 0.1) is 11.6 Å². The lowest BCUT2D eigenvalue weighted by Gasteiger charge is -2.51. The van der Waals surface area contributed by atoms with E-state index in [-0.39, 0.29) is 13.2 Å². The van der Waals surface area contributed by atoms with Crippen LogP contribution < -0.4 is 0 Å². The number of hydrogen-bond donors (Lipinski definition) is 0. The first kappa shape index (κ1) is 22.6. The molecule has 1 aliphatic heterocycles. The van der Waals surface area contributed by atoms with Gasteiger partial charge in [0.25, 0.3) is 5.91 Å². The van der Waals surface area contributed by atoms with Crippen LogP contribution in [0.5, 0.6) is 0 Å². The molecule has 1 amide bonds. The van der Waals surface area contributed by atoms with Crippen LogP contribution in [0.25, 0.3) is 0 Å². The highest BCUT2D eigenvalue weighted by molar-refractivity contribution is 7.54. The standard InChI is InChI=1S/C21H24F2NO5P/c1-4-28-30(26,29-5-2)21(15-8-12-17(23)13-9-15)24-18(19(27-3)20(24)25)14-6-10-16(22)11-7-14/h6-13,18-19,21H,4-5H2,1-3H3/t18-,19+,21?/m0/s1. The van der Waals surface area contributed by atoms with Crippen molar-refractivity contribution in [1.29, 1.82) is 0 Å². The van der Waals surface area contributed by atoms with Crippen molar-refractivity contribution in [3.05, 3.63) is 71.3 Å². The Morgan fingerprint density at radius 1 is 0.967 bits per heavy atom. The highest BCUT2D eigenvalue weighted by Crippen LogP contribution is 2.65. The van der Waals surface area contributed by atoms with Gasteiger partial charge in [0.15, 0.2) is 11.9 Å². The first-order valence-corrected chi connectivity index (χ1v) is 11.2. The molecule has 0 N–H and O–H groups in total. The minimum Gasteiger partial charge on any atom is -0.369 e. The Bertz CT molecular complexity index is 912. The summed E-state index contributed by atoms with van der Waals surface area (Å²) in [5.41, 5.74) is 1.01. The van der Waals surface area contributed by atoms with Gasteiger partial charge < -0.3 is 18.7 Å². The first-order valence-electron chi connectivity index (χ1n) is 9.61. The summed E-state index contributed by atoms with van der Waals surface area (Å²) in [6.07, 6.45) is -0.838. The molecule has 1 saturated heterocycles. The number of halogens is 2. The van der Waals surface area contributed by atoms with Gasteiger partial charge in [-0.3, -0.25) is 9.36 Å². The third kappa shape index (κ3) is 4.18. The van der Waals surface area contributed by atoms with Crippen molar-refractivity contribution in [2.45, 2.75) is 31.8 Å². The highest BCUT2D eigenvalue weighted by Gasteiger charge is 2.57. The maximum atomic E-state index is 13.8. The molecule has 0 radical (unpaired) electrons. The van der Waals surface area contributed by atoms with Crippen LogP contribution in [0.15, 0.2) is 48.5 Å². The number of ether oxygens (including phenoxy) is 1. The Kier molecular flexibility index (Phi) is 7.03. The van der Waals surface area contributed by atoms with E-state index in [9.17, 15) is 18.1 Å². The number of hydrogen-bond acceptors (Lipinski definition) is 5. The number of methoxy groups -OCH3 is 1. The molecule has 2 aromatic carbocycles. The molecule has 1 aliphatic rings. The summed E-state index contributed by atoms with van der Waals surface area (Å²) in [4.78, 5) is 14.4. The third-order valence-corrected chi connectivity index (χ3v) is 7.28. The van der Waals surface area contributed by atoms with Crippen molar-refractivity contribution in [2.24, 2.45) is 0 Å². The zero-order chi connectivity index (χ0) is 21.9. The molecule has 3 rings (SSSR count). The minimum absolute atomic E-state index is 0.0892. The summed E-state index contributed by atoms with van der Waals surface area (Å²) in [6, 6.07) is 10.3. The number of rotatable bonds is 9. The van der Waals surface area contributed by atoms with Gasteiger partial charge in [-0.15, -0.1) is 0 Å². The van der Waals surface area contributed by atoms with E-state index >= 15 is 0 Å². The van der Waals surface area contributed by atoms with Gasteiger partial charge in [0.05, 0.1) is 19.3 Å². The smallest absolute Gasteiger partial charge is 0.357 e. The minimum atomic E-state index is -3.88. The molecule has 1 fully saturated rings. The van der Waals surface area contributed by atoms with Crippen LogP contribution >= 0.6 is 7.60 Å². The molecule has 9 heteroatoms. The zero-order valence-electron chi connectivity index (χ0n) is 17.0. The molecule has 2 aromatic rings. The van der Waals surface area contributed by atoms with Crippen LogP contribution in [0.3, 0.4) is 0 Å². The van der Waals surface area contributed by atoms with E-state index in [0.717, 1.165) is 0 Å². The molecule has 0 aromatic heterocycles. The maximum absolute atomic E-state index is 13.8. The Hall–Kier alpha value is -2.12. The van der Waals surface area contributed by atoms with E-state index in [1.54, 1.807) is 26.0 Å². The molecule has 6 nitrogen and oxygen atoms in total. The van der Waals surface area contributed by atoms with Gasteiger partial charge in [0.2, 0.25) is 0 Å². The van der Waals surface area contributed by atoms with E-state index in [2.05, 4.69) is 0 Å². The summed E-state index contributed by atoms with van der Waals surface area (Å²) in [7, 11) is -2.48. The lowest BCUT2D eigenvalue weighted by atomic mass is 9.89. The molecular weight excluding hydrogens is 415 g/mol. The number of likely N-dealkylation sites (tertiary alicyclic amines) is 1. The Balaban J connectivity index is 2.13. The van der Waals surface area contributed by atoms with Crippen molar-refractivity contribution in [2.75, 3.05) is 20.3 Å². The van der Waals surface area contributed by atoms with E-state index < -0.39 is 43.1 Å². The van der Waals surface area contributed by atoms with Gasteiger partial charge in [0.1, 0.15) is 11.6 Å². The first-order chi connectivity index (χ1) is 14.4. The van der Waals surface area contributed by atoms with E-state index in [1.807, 2.05) is 0 Å². The molecular formula is C21H24F2NO5P. The van der Waals surface area contributed by atoms with Crippen molar-refractivity contribution < 1.29 is 31.9 Å². The van der Waals surface area contributed by atoms with Gasteiger partial charge in [0, 0.05) is 7.11 Å². The number of benzene rings is 2. The Morgan fingerprint density at radius 2 is 1.47 bits per heavy atom. The van der Waals surface area contributed by atoms with E-state index in [4.69, 9.17) is 13.8 Å². The van der Waals surface area contributed by atoms with Gasteiger partial charge in [-0.25, -0.2) is 8.78 Å². The number of nitrogens with zero attached hydrogens (tertiary/aromatic N) is 1. The van der Waals surface area contributed by atoms with Crippen LogP contribution in [0.2, 0.25) is 0 Å². The van der Waals surface area contributed by atoms with Gasteiger partial charge in [-0.2, -0.15) is 0 Å². The van der Waals surface area contributed by atoms with Crippen molar-refractivity contribution in [3.63, 3.8) is 0 Å². The summed E-state index contributed by atoms with van der Waals surface area (Å²) in [5, 5.41) is 0. The van der Waals surface area contributed by atoms with Crippen molar-refractivity contribution in [1.82, 2.24) is 4.90 Å². The van der Waals surface area contributed by atoms with Crippen molar-refractivity contribution >= 4 is 13.5 Å². The SMILES string of the molecule is CCOP(=O)(OCC)C(c1ccc(F)cc1)N1C(=O)[C@H](OC)[C@@H]1c1ccc(F)cc1. The molecule has 1 unspecified atom stereocenters. The van der Waals surface area contributed by atoms with Crippen LogP contribution in [0.4, 0.5) is 8.78 Å². The fourth-order valence-electron chi connectivity index (χ4n) is 3.65. The predicted molar refractivity (Wildman–Crippen MR) is 107 cm³/mol. The van der Waals surface area contributed by atoms with Gasteiger partial charge in [-0.1, -0.05) is 24.3 Å². The van der Waals surface area contributed by atoms with Crippen LogP contribution in [-0.2, 0) is 23.1 Å². The third-order valence-electron chi connectivity index (χ3n) is 4.90. The maximum Gasteiger partial charge on any atom is 0.357 e. The molecule has 0 spiro atoms. The average Bonchev–Trinajstić information content (AvgIpc) is 2.72. The lowest BCUT2D eigenvalue weighted by Crippen LogP contribution is -2.60. The summed E-state index contributed by atoms with van der Waals surface area (Å²) in [6.45, 7) is 3.51.